The van der Waals surface area contributed by atoms with Crippen molar-refractivity contribution in [2.45, 2.75) is 13.8 Å². The highest BCUT2D eigenvalue weighted by molar-refractivity contribution is 6.05. The van der Waals surface area contributed by atoms with Crippen LogP contribution in [-0.2, 0) is 0 Å². The molecule has 0 saturated carbocycles. The number of carbonyl (C=O) groups excluding carboxylic acids is 1. The van der Waals surface area contributed by atoms with Crippen LogP contribution in [0.3, 0.4) is 0 Å². The molecule has 3 aromatic rings. The summed E-state index contributed by atoms with van der Waals surface area (Å²) in [7, 11) is 0. The quantitative estimate of drug-likeness (QED) is 0.665. The van der Waals surface area contributed by atoms with E-state index in [1.54, 1.807) is 0 Å². The average molecular weight is 303 g/mol. The highest BCUT2D eigenvalue weighted by atomic mass is 16.2. The van der Waals surface area contributed by atoms with Crippen molar-refractivity contribution in [3.05, 3.63) is 72.3 Å². The second-order valence-electron chi connectivity index (χ2n) is 5.55. The maximum Gasteiger partial charge on any atom is 0.254 e. The Hall–Kier alpha value is -2.61. The molecule has 116 valence electrons. The molecular weight excluding hydrogens is 282 g/mol. The zero-order valence-electron chi connectivity index (χ0n) is 13.6. The van der Waals surface area contributed by atoms with Crippen LogP contribution in [0.2, 0.25) is 0 Å². The van der Waals surface area contributed by atoms with Gasteiger partial charge in [0, 0.05) is 18.7 Å². The third kappa shape index (κ3) is 2.85. The zero-order valence-corrected chi connectivity index (χ0v) is 13.6. The van der Waals surface area contributed by atoms with Crippen molar-refractivity contribution in [3.8, 4) is 11.1 Å². The molecule has 0 spiro atoms. The smallest absolute Gasteiger partial charge is 0.254 e. The van der Waals surface area contributed by atoms with Gasteiger partial charge >= 0.3 is 0 Å². The minimum atomic E-state index is 0.0959. The minimum Gasteiger partial charge on any atom is -0.339 e. The van der Waals surface area contributed by atoms with E-state index in [0.29, 0.717) is 0 Å². The van der Waals surface area contributed by atoms with E-state index in [1.165, 1.54) is 10.8 Å². The molecule has 23 heavy (non-hydrogen) atoms. The highest BCUT2D eigenvalue weighted by Crippen LogP contribution is 2.31. The number of benzene rings is 3. The summed E-state index contributed by atoms with van der Waals surface area (Å²) < 4.78 is 0. The fourth-order valence-electron chi connectivity index (χ4n) is 3.05. The number of fused-ring (bicyclic) bond motifs is 1. The maximum absolute atomic E-state index is 12.9. The van der Waals surface area contributed by atoms with Crippen molar-refractivity contribution >= 4 is 16.7 Å². The lowest BCUT2D eigenvalue weighted by Gasteiger charge is -2.21. The number of hydrogen-bond acceptors (Lipinski definition) is 1. The number of amides is 1. The summed E-state index contributed by atoms with van der Waals surface area (Å²) in [4.78, 5) is 14.7. The summed E-state index contributed by atoms with van der Waals surface area (Å²) >= 11 is 0. The monoisotopic (exact) mass is 303 g/mol. The number of rotatable bonds is 4. The largest absolute Gasteiger partial charge is 0.339 e. The number of hydrogen-bond donors (Lipinski definition) is 0. The van der Waals surface area contributed by atoms with Crippen molar-refractivity contribution in [2.75, 3.05) is 13.1 Å². The van der Waals surface area contributed by atoms with Crippen LogP contribution in [0.25, 0.3) is 21.9 Å². The van der Waals surface area contributed by atoms with Crippen LogP contribution < -0.4 is 0 Å². The molecule has 1 amide bonds. The molecule has 0 aliphatic heterocycles. The van der Waals surface area contributed by atoms with Gasteiger partial charge in [0.25, 0.3) is 5.91 Å². The van der Waals surface area contributed by atoms with Gasteiger partial charge in [-0.15, -0.1) is 0 Å². The molecule has 0 heterocycles. The lowest BCUT2D eigenvalue weighted by Crippen LogP contribution is -2.30. The summed E-state index contributed by atoms with van der Waals surface area (Å²) in [5.74, 6) is 0.0959. The van der Waals surface area contributed by atoms with Gasteiger partial charge in [0.2, 0.25) is 0 Å². The van der Waals surface area contributed by atoms with Crippen LogP contribution in [0.4, 0.5) is 0 Å². The van der Waals surface area contributed by atoms with Gasteiger partial charge in [-0.2, -0.15) is 0 Å². The van der Waals surface area contributed by atoms with Crippen LogP contribution in [0.15, 0.2) is 66.7 Å². The van der Waals surface area contributed by atoms with E-state index in [4.69, 9.17) is 0 Å². The van der Waals surface area contributed by atoms with Crippen molar-refractivity contribution in [1.29, 1.82) is 0 Å². The lowest BCUT2D eigenvalue weighted by atomic mass is 9.94. The van der Waals surface area contributed by atoms with Gasteiger partial charge in [-0.25, -0.2) is 0 Å². The standard InChI is InChI=1S/C21H21NO/c1-3-22(4-2)21(23)20-14-8-7-13-19(20)18-15-9-11-16-10-5-6-12-17(16)18/h5-15H,3-4H2,1-2H3. The Bertz CT molecular complexity index is 829. The second kappa shape index (κ2) is 6.66. The van der Waals surface area contributed by atoms with E-state index in [9.17, 15) is 4.79 Å². The van der Waals surface area contributed by atoms with Crippen molar-refractivity contribution in [2.24, 2.45) is 0 Å². The third-order valence-electron chi connectivity index (χ3n) is 4.29. The van der Waals surface area contributed by atoms with E-state index in [0.717, 1.165) is 29.8 Å². The SMILES string of the molecule is CCN(CC)C(=O)c1ccccc1-c1cccc2ccccc12. The Morgan fingerprint density at radius 3 is 2.17 bits per heavy atom. The van der Waals surface area contributed by atoms with Crippen LogP contribution in [0, 0.1) is 0 Å². The van der Waals surface area contributed by atoms with E-state index in [2.05, 4.69) is 30.3 Å². The fraction of sp³-hybridized carbons (Fsp3) is 0.190. The highest BCUT2D eigenvalue weighted by Gasteiger charge is 2.17. The fourth-order valence-corrected chi connectivity index (χ4v) is 3.05. The molecule has 0 fully saturated rings. The van der Waals surface area contributed by atoms with E-state index in [1.807, 2.05) is 55.1 Å². The zero-order chi connectivity index (χ0) is 16.2. The van der Waals surface area contributed by atoms with Gasteiger partial charge in [-0.3, -0.25) is 4.79 Å². The summed E-state index contributed by atoms with van der Waals surface area (Å²) in [5.41, 5.74) is 2.88. The molecule has 2 heteroatoms. The molecule has 0 aromatic heterocycles. The molecule has 0 N–H and O–H groups in total. The third-order valence-corrected chi connectivity index (χ3v) is 4.29. The van der Waals surface area contributed by atoms with Crippen LogP contribution in [0.1, 0.15) is 24.2 Å². The Morgan fingerprint density at radius 1 is 0.783 bits per heavy atom. The first-order chi connectivity index (χ1) is 11.3. The van der Waals surface area contributed by atoms with E-state index in [-0.39, 0.29) is 5.91 Å². The second-order valence-corrected chi connectivity index (χ2v) is 5.55. The van der Waals surface area contributed by atoms with Gasteiger partial charge in [-0.1, -0.05) is 60.7 Å². The van der Waals surface area contributed by atoms with Gasteiger partial charge in [0.1, 0.15) is 0 Å². The van der Waals surface area contributed by atoms with Crippen LogP contribution in [0.5, 0.6) is 0 Å². The molecule has 2 nitrogen and oxygen atoms in total. The van der Waals surface area contributed by atoms with E-state index < -0.39 is 0 Å². The Morgan fingerprint density at radius 2 is 1.39 bits per heavy atom. The minimum absolute atomic E-state index is 0.0959. The molecule has 3 rings (SSSR count). The normalized spacial score (nSPS) is 10.7. The van der Waals surface area contributed by atoms with Crippen LogP contribution in [-0.4, -0.2) is 23.9 Å². The Balaban J connectivity index is 2.19. The molecule has 0 atom stereocenters. The van der Waals surface area contributed by atoms with Gasteiger partial charge in [0.05, 0.1) is 0 Å². The Kier molecular flexibility index (Phi) is 4.42. The Labute approximate surface area is 137 Å². The van der Waals surface area contributed by atoms with Crippen LogP contribution >= 0.6 is 0 Å². The summed E-state index contributed by atoms with van der Waals surface area (Å²) in [6, 6.07) is 22.5. The summed E-state index contributed by atoms with van der Waals surface area (Å²) in [6.45, 7) is 5.47. The lowest BCUT2D eigenvalue weighted by molar-refractivity contribution is 0.0774. The molecule has 0 aliphatic carbocycles. The van der Waals surface area contributed by atoms with Crippen molar-refractivity contribution < 1.29 is 4.79 Å². The molecule has 0 unspecified atom stereocenters. The first-order valence-electron chi connectivity index (χ1n) is 8.12. The molecule has 0 radical (unpaired) electrons. The first kappa shape index (κ1) is 15.3. The molecule has 0 bridgehead atoms. The van der Waals surface area contributed by atoms with Gasteiger partial charge in [-0.05, 0) is 41.8 Å². The molecular formula is C21H21NO. The number of carbonyl (C=O) groups is 1. The van der Waals surface area contributed by atoms with Gasteiger partial charge in [0.15, 0.2) is 0 Å². The van der Waals surface area contributed by atoms with Crippen molar-refractivity contribution in [3.63, 3.8) is 0 Å². The topological polar surface area (TPSA) is 20.3 Å². The van der Waals surface area contributed by atoms with Gasteiger partial charge < -0.3 is 4.90 Å². The summed E-state index contributed by atoms with van der Waals surface area (Å²) in [6.07, 6.45) is 0. The maximum atomic E-state index is 12.9. The summed E-state index contributed by atoms with van der Waals surface area (Å²) in [5, 5.41) is 2.37. The molecule has 0 aliphatic rings. The van der Waals surface area contributed by atoms with Crippen molar-refractivity contribution in [1.82, 2.24) is 4.90 Å². The molecule has 0 saturated heterocycles. The predicted molar refractivity (Wildman–Crippen MR) is 96.6 cm³/mol. The number of nitrogens with zero attached hydrogens (tertiary/aromatic N) is 1. The van der Waals surface area contributed by atoms with E-state index >= 15 is 0 Å². The molecule has 3 aromatic carbocycles. The predicted octanol–water partition coefficient (Wildman–Crippen LogP) is 4.99. The first-order valence-corrected chi connectivity index (χ1v) is 8.12. The average Bonchev–Trinajstić information content (AvgIpc) is 2.62.